The molecule has 2 N–H and O–H groups in total. The van der Waals surface area contributed by atoms with Crippen LogP contribution < -0.4 is 10.1 Å². The molecular weight excluding hydrogens is 316 g/mol. The first kappa shape index (κ1) is 16.6. The number of hydrogen-bond acceptors (Lipinski definition) is 4. The van der Waals surface area contributed by atoms with E-state index in [4.69, 9.17) is 21.4 Å². The first-order valence-electron chi connectivity index (χ1n) is 8.12. The van der Waals surface area contributed by atoms with E-state index in [1.54, 1.807) is 12.1 Å². The van der Waals surface area contributed by atoms with Crippen LogP contribution in [0.2, 0.25) is 5.02 Å². The molecule has 0 unspecified atom stereocenters. The lowest BCUT2D eigenvalue weighted by molar-refractivity contribution is -0.139. The van der Waals surface area contributed by atoms with Crippen molar-refractivity contribution in [2.45, 2.75) is 25.8 Å². The second kappa shape index (κ2) is 7.07. The Hall–Kier alpha value is -1.30. The summed E-state index contributed by atoms with van der Waals surface area (Å²) in [5, 5.41) is 12.9. The van der Waals surface area contributed by atoms with Crippen LogP contribution in [0.5, 0.6) is 5.75 Å². The SMILES string of the molecule is O=C(O)COc1ccc(Cl)cc1CN1CCC[C@@]2(CCNC2)C1. The Morgan fingerprint density at radius 1 is 1.43 bits per heavy atom. The first-order valence-corrected chi connectivity index (χ1v) is 8.50. The summed E-state index contributed by atoms with van der Waals surface area (Å²) >= 11 is 6.12. The van der Waals surface area contributed by atoms with Crippen molar-refractivity contribution in [1.82, 2.24) is 10.2 Å². The molecule has 0 radical (unpaired) electrons. The van der Waals surface area contributed by atoms with Gasteiger partial charge < -0.3 is 15.2 Å². The van der Waals surface area contributed by atoms with Crippen LogP contribution >= 0.6 is 11.6 Å². The minimum Gasteiger partial charge on any atom is -0.482 e. The number of carboxylic acid groups (broad SMARTS) is 1. The van der Waals surface area contributed by atoms with Crippen molar-refractivity contribution in [3.63, 3.8) is 0 Å². The zero-order valence-corrected chi connectivity index (χ0v) is 13.9. The highest BCUT2D eigenvalue weighted by atomic mass is 35.5. The number of ether oxygens (including phenoxy) is 1. The van der Waals surface area contributed by atoms with E-state index in [1.165, 1.54) is 19.3 Å². The van der Waals surface area contributed by atoms with Crippen molar-refractivity contribution in [2.75, 3.05) is 32.8 Å². The summed E-state index contributed by atoms with van der Waals surface area (Å²) in [4.78, 5) is 13.2. The molecule has 2 aliphatic heterocycles. The van der Waals surface area contributed by atoms with Crippen LogP contribution in [0, 0.1) is 5.41 Å². The number of aliphatic carboxylic acids is 1. The monoisotopic (exact) mass is 338 g/mol. The summed E-state index contributed by atoms with van der Waals surface area (Å²) in [6, 6.07) is 5.38. The van der Waals surface area contributed by atoms with E-state index >= 15 is 0 Å². The number of hydrogen-bond donors (Lipinski definition) is 2. The second-order valence-electron chi connectivity index (χ2n) is 6.68. The Bertz CT molecular complexity index is 573. The fourth-order valence-electron chi connectivity index (χ4n) is 3.78. The number of piperidine rings is 1. The quantitative estimate of drug-likeness (QED) is 0.863. The van der Waals surface area contributed by atoms with Crippen molar-refractivity contribution in [3.05, 3.63) is 28.8 Å². The zero-order chi connectivity index (χ0) is 16.3. The Morgan fingerprint density at radius 2 is 2.30 bits per heavy atom. The van der Waals surface area contributed by atoms with Gasteiger partial charge in [-0.2, -0.15) is 0 Å². The molecule has 2 fully saturated rings. The fourth-order valence-corrected chi connectivity index (χ4v) is 3.98. The van der Waals surface area contributed by atoms with Crippen LogP contribution in [0.4, 0.5) is 0 Å². The predicted molar refractivity (Wildman–Crippen MR) is 89.0 cm³/mol. The minimum atomic E-state index is -0.972. The standard InChI is InChI=1S/C17H23ClN2O3/c18-14-2-3-15(23-10-16(21)22)13(8-14)9-20-7-1-4-17(12-20)5-6-19-11-17/h2-3,8,19H,1,4-7,9-12H2,(H,21,22)/t17-/m0/s1. The number of halogens is 1. The van der Waals surface area contributed by atoms with Crippen LogP contribution in [0.3, 0.4) is 0 Å². The molecule has 0 aromatic heterocycles. The molecule has 2 saturated heterocycles. The molecule has 2 aliphatic rings. The third-order valence-corrected chi connectivity index (χ3v) is 5.08. The van der Waals surface area contributed by atoms with Gasteiger partial charge in [0.1, 0.15) is 5.75 Å². The average molecular weight is 339 g/mol. The largest absolute Gasteiger partial charge is 0.482 e. The van der Waals surface area contributed by atoms with Crippen LogP contribution in [-0.4, -0.2) is 48.8 Å². The molecule has 0 saturated carbocycles. The Balaban J connectivity index is 1.70. The number of rotatable bonds is 5. The summed E-state index contributed by atoms with van der Waals surface area (Å²) in [6.07, 6.45) is 3.73. The van der Waals surface area contributed by atoms with Gasteiger partial charge in [0.05, 0.1) is 0 Å². The number of nitrogens with zero attached hydrogens (tertiary/aromatic N) is 1. The van der Waals surface area contributed by atoms with Gasteiger partial charge in [0.2, 0.25) is 0 Å². The molecule has 0 aliphatic carbocycles. The lowest BCUT2D eigenvalue weighted by Gasteiger charge is -2.40. The average Bonchev–Trinajstić information content (AvgIpc) is 2.94. The normalized spacial score (nSPS) is 24.9. The van der Waals surface area contributed by atoms with Crippen LogP contribution in [0.15, 0.2) is 18.2 Å². The maximum Gasteiger partial charge on any atom is 0.341 e. The van der Waals surface area contributed by atoms with E-state index in [0.717, 1.165) is 38.3 Å². The molecule has 1 spiro atoms. The zero-order valence-electron chi connectivity index (χ0n) is 13.2. The first-order chi connectivity index (χ1) is 11.1. The molecule has 0 amide bonds. The molecule has 1 atom stereocenters. The molecule has 126 valence electrons. The van der Waals surface area contributed by atoms with Gasteiger partial charge in [-0.1, -0.05) is 11.6 Å². The molecule has 3 rings (SSSR count). The van der Waals surface area contributed by atoms with Gasteiger partial charge in [-0.05, 0) is 56.0 Å². The topological polar surface area (TPSA) is 61.8 Å². The van der Waals surface area contributed by atoms with Gasteiger partial charge in [0.15, 0.2) is 6.61 Å². The summed E-state index contributed by atoms with van der Waals surface area (Å²) in [7, 11) is 0. The van der Waals surface area contributed by atoms with Gasteiger partial charge in [0, 0.05) is 30.2 Å². The van der Waals surface area contributed by atoms with Gasteiger partial charge >= 0.3 is 5.97 Å². The summed E-state index contributed by atoms with van der Waals surface area (Å²) in [6.45, 7) is 4.76. The molecule has 2 heterocycles. The van der Waals surface area contributed by atoms with Crippen LogP contribution in [-0.2, 0) is 11.3 Å². The lowest BCUT2D eigenvalue weighted by Crippen LogP contribution is -2.44. The Kier molecular flexibility index (Phi) is 5.09. The predicted octanol–water partition coefficient (Wildman–Crippen LogP) is 2.38. The van der Waals surface area contributed by atoms with Crippen molar-refractivity contribution in [2.24, 2.45) is 5.41 Å². The molecular formula is C17H23ClN2O3. The van der Waals surface area contributed by atoms with Crippen molar-refractivity contribution in [1.29, 1.82) is 0 Å². The van der Waals surface area contributed by atoms with E-state index < -0.39 is 5.97 Å². The van der Waals surface area contributed by atoms with E-state index in [-0.39, 0.29) is 6.61 Å². The maximum absolute atomic E-state index is 10.7. The third-order valence-electron chi connectivity index (χ3n) is 4.84. The van der Waals surface area contributed by atoms with Gasteiger partial charge in [-0.3, -0.25) is 4.90 Å². The Labute approximate surface area is 141 Å². The summed E-state index contributed by atoms with van der Waals surface area (Å²) in [5.74, 6) is -0.360. The third kappa shape index (κ3) is 4.16. The van der Waals surface area contributed by atoms with Gasteiger partial charge in [-0.15, -0.1) is 0 Å². The summed E-state index contributed by atoms with van der Waals surface area (Å²) < 4.78 is 5.41. The smallest absolute Gasteiger partial charge is 0.341 e. The van der Waals surface area contributed by atoms with Crippen molar-refractivity contribution < 1.29 is 14.6 Å². The number of carbonyl (C=O) groups is 1. The number of nitrogens with one attached hydrogen (secondary N) is 1. The number of likely N-dealkylation sites (tertiary alicyclic amines) is 1. The number of benzene rings is 1. The van der Waals surface area contributed by atoms with Crippen molar-refractivity contribution >= 4 is 17.6 Å². The van der Waals surface area contributed by atoms with Crippen LogP contribution in [0.25, 0.3) is 0 Å². The lowest BCUT2D eigenvalue weighted by atomic mass is 9.79. The molecule has 1 aromatic rings. The molecule has 5 nitrogen and oxygen atoms in total. The highest BCUT2D eigenvalue weighted by molar-refractivity contribution is 6.30. The highest BCUT2D eigenvalue weighted by Gasteiger charge is 2.37. The highest BCUT2D eigenvalue weighted by Crippen LogP contribution is 2.36. The van der Waals surface area contributed by atoms with Crippen LogP contribution in [0.1, 0.15) is 24.8 Å². The van der Waals surface area contributed by atoms with Gasteiger partial charge in [-0.25, -0.2) is 4.79 Å². The second-order valence-corrected chi connectivity index (χ2v) is 7.11. The molecule has 23 heavy (non-hydrogen) atoms. The Morgan fingerprint density at radius 3 is 3.04 bits per heavy atom. The van der Waals surface area contributed by atoms with E-state index in [0.29, 0.717) is 16.2 Å². The molecule has 1 aromatic carbocycles. The minimum absolute atomic E-state index is 0.331. The molecule has 6 heteroatoms. The van der Waals surface area contributed by atoms with Gasteiger partial charge in [0.25, 0.3) is 0 Å². The van der Waals surface area contributed by atoms with E-state index in [9.17, 15) is 4.79 Å². The van der Waals surface area contributed by atoms with E-state index in [2.05, 4.69) is 10.2 Å². The number of carboxylic acids is 1. The summed E-state index contributed by atoms with van der Waals surface area (Å²) in [5.41, 5.74) is 1.36. The van der Waals surface area contributed by atoms with Crippen molar-refractivity contribution in [3.8, 4) is 5.75 Å². The fraction of sp³-hybridized carbons (Fsp3) is 0.588. The molecule has 0 bridgehead atoms. The maximum atomic E-state index is 10.7. The van der Waals surface area contributed by atoms with E-state index in [1.807, 2.05) is 6.07 Å².